The van der Waals surface area contributed by atoms with Gasteiger partial charge in [-0.25, -0.2) is 0 Å². The lowest BCUT2D eigenvalue weighted by atomic mass is 10.0. The summed E-state index contributed by atoms with van der Waals surface area (Å²) in [6.07, 6.45) is 4.10. The topological polar surface area (TPSA) is 101 Å². The van der Waals surface area contributed by atoms with Crippen LogP contribution in [0, 0.1) is 0 Å². The van der Waals surface area contributed by atoms with Crippen molar-refractivity contribution in [2.24, 2.45) is 0 Å². The van der Waals surface area contributed by atoms with Crippen LogP contribution in [0.15, 0.2) is 53.3 Å². The number of nitrogens with one attached hydrogen (secondary N) is 1. The van der Waals surface area contributed by atoms with Crippen molar-refractivity contribution in [2.75, 3.05) is 11.9 Å². The van der Waals surface area contributed by atoms with Crippen molar-refractivity contribution in [3.8, 4) is 11.4 Å². The molecule has 1 fully saturated rings. The van der Waals surface area contributed by atoms with Crippen LogP contribution in [-0.2, 0) is 4.79 Å². The molecule has 3 heterocycles. The number of amides is 2. The van der Waals surface area contributed by atoms with Gasteiger partial charge in [-0.05, 0) is 42.8 Å². The maximum atomic E-state index is 12.8. The van der Waals surface area contributed by atoms with Crippen molar-refractivity contribution < 1.29 is 14.1 Å². The highest BCUT2D eigenvalue weighted by Crippen LogP contribution is 2.34. The fourth-order valence-corrected chi connectivity index (χ4v) is 2.94. The Hall–Kier alpha value is -3.55. The number of benzene rings is 1. The summed E-state index contributed by atoms with van der Waals surface area (Å²) in [4.78, 5) is 34.0. The molecule has 0 saturated carbocycles. The van der Waals surface area contributed by atoms with Gasteiger partial charge in [-0.2, -0.15) is 4.98 Å². The smallest absolute Gasteiger partial charge is 0.254 e. The molecule has 1 unspecified atom stereocenters. The number of hydrogen-bond donors (Lipinski definition) is 1. The van der Waals surface area contributed by atoms with Crippen LogP contribution in [0.1, 0.15) is 35.6 Å². The van der Waals surface area contributed by atoms with E-state index >= 15 is 0 Å². The second-order valence-electron chi connectivity index (χ2n) is 6.26. The summed E-state index contributed by atoms with van der Waals surface area (Å²) in [6.45, 7) is 2.06. The number of carbonyl (C=O) groups is 2. The molecule has 0 spiro atoms. The molecule has 1 aliphatic heterocycles. The van der Waals surface area contributed by atoms with Gasteiger partial charge in [0.1, 0.15) is 6.04 Å². The van der Waals surface area contributed by atoms with Gasteiger partial charge in [-0.1, -0.05) is 5.16 Å². The van der Waals surface area contributed by atoms with E-state index in [0.29, 0.717) is 29.5 Å². The van der Waals surface area contributed by atoms with E-state index in [1.807, 2.05) is 6.07 Å². The lowest BCUT2D eigenvalue weighted by molar-refractivity contribution is -0.114. The molecule has 2 aromatic heterocycles. The zero-order valence-corrected chi connectivity index (χ0v) is 14.6. The molecule has 2 amide bonds. The number of pyridine rings is 1. The Bertz CT molecular complexity index is 969. The van der Waals surface area contributed by atoms with E-state index in [9.17, 15) is 9.59 Å². The summed E-state index contributed by atoms with van der Waals surface area (Å²) in [5.41, 5.74) is 1.95. The Morgan fingerprint density at radius 3 is 2.67 bits per heavy atom. The normalized spacial score (nSPS) is 15.9. The lowest BCUT2D eigenvalue weighted by Gasteiger charge is -2.38. The van der Waals surface area contributed by atoms with E-state index in [1.165, 1.54) is 6.92 Å². The third-order valence-corrected chi connectivity index (χ3v) is 4.38. The van der Waals surface area contributed by atoms with Crippen molar-refractivity contribution in [3.63, 3.8) is 0 Å². The summed E-state index contributed by atoms with van der Waals surface area (Å²) in [5.74, 6) is 0.611. The highest BCUT2D eigenvalue weighted by Gasteiger charge is 2.37. The van der Waals surface area contributed by atoms with Crippen LogP contribution in [0.5, 0.6) is 0 Å². The monoisotopic (exact) mass is 363 g/mol. The van der Waals surface area contributed by atoms with Gasteiger partial charge in [-0.15, -0.1) is 0 Å². The first-order valence-corrected chi connectivity index (χ1v) is 8.54. The van der Waals surface area contributed by atoms with Crippen molar-refractivity contribution in [1.82, 2.24) is 20.0 Å². The minimum absolute atomic E-state index is 0.109. The number of nitrogens with zero attached hydrogens (tertiary/aromatic N) is 4. The van der Waals surface area contributed by atoms with Crippen LogP contribution in [-0.4, -0.2) is 38.4 Å². The van der Waals surface area contributed by atoms with Gasteiger partial charge < -0.3 is 14.7 Å². The summed E-state index contributed by atoms with van der Waals surface area (Å²) in [6, 6.07) is 10.2. The third kappa shape index (κ3) is 3.41. The first-order valence-electron chi connectivity index (χ1n) is 8.54. The highest BCUT2D eigenvalue weighted by atomic mass is 16.5. The second-order valence-corrected chi connectivity index (χ2v) is 6.26. The molecule has 3 aromatic rings. The molecule has 0 aliphatic carbocycles. The van der Waals surface area contributed by atoms with Crippen molar-refractivity contribution in [3.05, 3.63) is 60.2 Å². The summed E-state index contributed by atoms with van der Waals surface area (Å²) in [7, 11) is 0. The first kappa shape index (κ1) is 16.9. The lowest BCUT2D eigenvalue weighted by Crippen LogP contribution is -2.45. The zero-order chi connectivity index (χ0) is 18.8. The number of likely N-dealkylation sites (tertiary alicyclic amines) is 1. The van der Waals surface area contributed by atoms with E-state index in [2.05, 4.69) is 20.4 Å². The number of carbonyl (C=O) groups excluding carboxylic acids is 2. The first-order chi connectivity index (χ1) is 13.1. The van der Waals surface area contributed by atoms with E-state index in [4.69, 9.17) is 4.52 Å². The molecule has 1 N–H and O–H groups in total. The average Bonchev–Trinajstić information content (AvgIpc) is 3.11. The van der Waals surface area contributed by atoms with Crippen LogP contribution in [0.2, 0.25) is 0 Å². The highest BCUT2D eigenvalue weighted by molar-refractivity contribution is 5.96. The largest absolute Gasteiger partial charge is 0.337 e. The van der Waals surface area contributed by atoms with E-state index in [-0.39, 0.29) is 17.9 Å². The molecule has 136 valence electrons. The van der Waals surface area contributed by atoms with Gasteiger partial charge in [0.15, 0.2) is 0 Å². The van der Waals surface area contributed by atoms with Crippen LogP contribution in [0.3, 0.4) is 0 Å². The molecular weight excluding hydrogens is 346 g/mol. The minimum atomic E-state index is -0.231. The average molecular weight is 363 g/mol. The predicted octanol–water partition coefficient (Wildman–Crippen LogP) is 2.68. The van der Waals surface area contributed by atoms with Crippen molar-refractivity contribution in [1.29, 1.82) is 0 Å². The van der Waals surface area contributed by atoms with E-state index < -0.39 is 0 Å². The van der Waals surface area contributed by atoms with Crippen LogP contribution in [0.25, 0.3) is 11.4 Å². The van der Waals surface area contributed by atoms with E-state index in [1.54, 1.807) is 47.6 Å². The predicted molar refractivity (Wildman–Crippen MR) is 96.7 cm³/mol. The Labute approximate surface area is 155 Å². The van der Waals surface area contributed by atoms with Gasteiger partial charge in [-0.3, -0.25) is 14.6 Å². The number of rotatable bonds is 4. The van der Waals surface area contributed by atoms with Crippen molar-refractivity contribution in [2.45, 2.75) is 19.4 Å². The molecule has 0 radical (unpaired) electrons. The molecule has 27 heavy (non-hydrogen) atoms. The maximum absolute atomic E-state index is 12.8. The summed E-state index contributed by atoms with van der Waals surface area (Å²) in [5, 5.41) is 6.67. The maximum Gasteiger partial charge on any atom is 0.254 e. The van der Waals surface area contributed by atoms with Crippen LogP contribution < -0.4 is 5.32 Å². The number of aromatic nitrogens is 3. The summed E-state index contributed by atoms with van der Waals surface area (Å²) < 4.78 is 5.37. The van der Waals surface area contributed by atoms with E-state index in [0.717, 1.165) is 12.0 Å². The molecule has 1 atom stereocenters. The number of anilines is 1. The zero-order valence-electron chi connectivity index (χ0n) is 14.6. The van der Waals surface area contributed by atoms with Crippen molar-refractivity contribution >= 4 is 17.5 Å². The second kappa shape index (κ2) is 6.99. The number of hydrogen-bond acceptors (Lipinski definition) is 6. The molecule has 0 bridgehead atoms. The Morgan fingerprint density at radius 1 is 1.22 bits per heavy atom. The standard InChI is InChI=1S/C19H17N5O3/c1-12(25)21-15-6-4-13(5-7-15)19(26)24-10-8-16(24)18-22-17(23-27-18)14-3-2-9-20-11-14/h2-7,9,11,16H,8,10H2,1H3,(H,21,25). The fraction of sp³-hybridized carbons (Fsp3) is 0.211. The quantitative estimate of drug-likeness (QED) is 0.765. The molecule has 8 nitrogen and oxygen atoms in total. The molecule has 4 rings (SSSR count). The molecule has 1 saturated heterocycles. The fourth-order valence-electron chi connectivity index (χ4n) is 2.94. The van der Waals surface area contributed by atoms with Crippen LogP contribution >= 0.6 is 0 Å². The van der Waals surface area contributed by atoms with Gasteiger partial charge in [0.25, 0.3) is 5.91 Å². The molecular formula is C19H17N5O3. The Balaban J connectivity index is 1.48. The SMILES string of the molecule is CC(=O)Nc1ccc(C(=O)N2CCC2c2nc(-c3cccnc3)no2)cc1. The summed E-state index contributed by atoms with van der Waals surface area (Å²) >= 11 is 0. The molecule has 8 heteroatoms. The Morgan fingerprint density at radius 2 is 2.04 bits per heavy atom. The van der Waals surface area contributed by atoms with Gasteiger partial charge in [0.05, 0.1) is 0 Å². The van der Waals surface area contributed by atoms with Gasteiger partial charge >= 0.3 is 0 Å². The Kier molecular flexibility index (Phi) is 4.37. The van der Waals surface area contributed by atoms with Gasteiger partial charge in [0.2, 0.25) is 17.6 Å². The van der Waals surface area contributed by atoms with Crippen LogP contribution in [0.4, 0.5) is 5.69 Å². The molecule has 1 aliphatic rings. The van der Waals surface area contributed by atoms with Gasteiger partial charge in [0, 0.05) is 42.7 Å². The third-order valence-electron chi connectivity index (χ3n) is 4.38. The molecule has 1 aromatic carbocycles. The minimum Gasteiger partial charge on any atom is -0.337 e.